The first-order valence-electron chi connectivity index (χ1n) is 8.22. The normalized spacial score (nSPS) is 18.2. The molecule has 3 rings (SSSR count). The monoisotopic (exact) mass is 313 g/mol. The van der Waals surface area contributed by atoms with Crippen LogP contribution in [-0.2, 0) is 17.6 Å². The van der Waals surface area contributed by atoms with E-state index < -0.39 is 0 Å². The summed E-state index contributed by atoms with van der Waals surface area (Å²) in [6.45, 7) is 5.44. The number of likely N-dealkylation sites (tertiary alicyclic amines) is 1. The lowest BCUT2D eigenvalue weighted by Gasteiger charge is -2.33. The van der Waals surface area contributed by atoms with Crippen molar-refractivity contribution in [2.45, 2.75) is 39.5 Å². The Morgan fingerprint density at radius 3 is 3.00 bits per heavy atom. The van der Waals surface area contributed by atoms with Crippen molar-refractivity contribution in [3.05, 3.63) is 47.1 Å². The van der Waals surface area contributed by atoms with Crippen molar-refractivity contribution >= 4 is 5.91 Å². The Morgan fingerprint density at radius 1 is 1.43 bits per heavy atom. The highest BCUT2D eigenvalue weighted by Gasteiger charge is 2.25. The molecule has 2 aromatic heterocycles. The molecular formula is C18H23N3O2. The van der Waals surface area contributed by atoms with E-state index in [1.807, 2.05) is 31.0 Å². The fourth-order valence-electron chi connectivity index (χ4n) is 3.33. The minimum atomic E-state index is 0.176. The van der Waals surface area contributed by atoms with Crippen LogP contribution in [0.4, 0.5) is 0 Å². The molecule has 122 valence electrons. The molecule has 23 heavy (non-hydrogen) atoms. The quantitative estimate of drug-likeness (QED) is 0.871. The summed E-state index contributed by atoms with van der Waals surface area (Å²) < 4.78 is 5.16. The third-order valence-electron chi connectivity index (χ3n) is 4.63. The zero-order valence-electron chi connectivity index (χ0n) is 13.8. The zero-order chi connectivity index (χ0) is 16.2. The second-order valence-electron chi connectivity index (χ2n) is 6.39. The highest BCUT2D eigenvalue weighted by molar-refractivity contribution is 5.79. The van der Waals surface area contributed by atoms with E-state index in [-0.39, 0.29) is 5.91 Å². The maximum absolute atomic E-state index is 12.6. The van der Waals surface area contributed by atoms with Gasteiger partial charge in [0.05, 0.1) is 12.1 Å². The van der Waals surface area contributed by atoms with Crippen LogP contribution in [0, 0.1) is 19.8 Å². The smallest absolute Gasteiger partial charge is 0.227 e. The Morgan fingerprint density at radius 2 is 2.30 bits per heavy atom. The fourth-order valence-corrected chi connectivity index (χ4v) is 3.33. The third-order valence-corrected chi connectivity index (χ3v) is 4.63. The topological polar surface area (TPSA) is 59.2 Å². The Hall–Kier alpha value is -2.17. The molecule has 0 aromatic carbocycles. The molecule has 0 radical (unpaired) electrons. The van der Waals surface area contributed by atoms with Gasteiger partial charge in [0.25, 0.3) is 0 Å². The lowest BCUT2D eigenvalue weighted by Crippen LogP contribution is -2.41. The van der Waals surface area contributed by atoms with Crippen LogP contribution < -0.4 is 0 Å². The van der Waals surface area contributed by atoms with E-state index in [2.05, 4.69) is 16.2 Å². The summed E-state index contributed by atoms with van der Waals surface area (Å²) in [5.41, 5.74) is 3.00. The van der Waals surface area contributed by atoms with Gasteiger partial charge < -0.3 is 9.42 Å². The molecule has 0 aliphatic carbocycles. The Bertz CT molecular complexity index is 647. The van der Waals surface area contributed by atoms with E-state index >= 15 is 0 Å². The first-order chi connectivity index (χ1) is 11.1. The number of carbonyl (C=O) groups is 1. The van der Waals surface area contributed by atoms with Gasteiger partial charge in [-0.2, -0.15) is 0 Å². The van der Waals surface area contributed by atoms with E-state index in [0.717, 1.165) is 42.9 Å². The van der Waals surface area contributed by atoms with Crippen LogP contribution in [0.2, 0.25) is 0 Å². The molecular weight excluding hydrogens is 290 g/mol. The molecule has 0 bridgehead atoms. The molecule has 3 heterocycles. The highest BCUT2D eigenvalue weighted by atomic mass is 16.5. The molecule has 1 atom stereocenters. The Kier molecular flexibility index (Phi) is 4.74. The molecule has 0 spiro atoms. The van der Waals surface area contributed by atoms with E-state index in [4.69, 9.17) is 4.52 Å². The number of aryl methyl sites for hydroxylation is 2. The van der Waals surface area contributed by atoms with Crippen LogP contribution >= 0.6 is 0 Å². The lowest BCUT2D eigenvalue weighted by atomic mass is 9.91. The molecule has 5 heteroatoms. The predicted octanol–water partition coefficient (Wildman–Crippen LogP) is 2.71. The van der Waals surface area contributed by atoms with Gasteiger partial charge in [0, 0.05) is 31.0 Å². The van der Waals surface area contributed by atoms with Crippen molar-refractivity contribution in [2.24, 2.45) is 5.92 Å². The third kappa shape index (κ3) is 3.78. The van der Waals surface area contributed by atoms with Crippen molar-refractivity contribution in [3.8, 4) is 0 Å². The van der Waals surface area contributed by atoms with Crippen LogP contribution in [0.1, 0.15) is 35.4 Å². The largest absolute Gasteiger partial charge is 0.361 e. The average molecular weight is 313 g/mol. The molecule has 1 amide bonds. The van der Waals surface area contributed by atoms with Gasteiger partial charge in [0.2, 0.25) is 5.91 Å². The summed E-state index contributed by atoms with van der Waals surface area (Å²) in [6, 6.07) is 4.08. The number of rotatable bonds is 4. The van der Waals surface area contributed by atoms with Gasteiger partial charge in [-0.3, -0.25) is 9.78 Å². The van der Waals surface area contributed by atoms with Crippen LogP contribution in [0.15, 0.2) is 29.0 Å². The van der Waals surface area contributed by atoms with Gasteiger partial charge in [-0.05, 0) is 50.7 Å². The van der Waals surface area contributed by atoms with Gasteiger partial charge in [-0.1, -0.05) is 11.2 Å². The van der Waals surface area contributed by atoms with Gasteiger partial charge in [-0.15, -0.1) is 0 Å². The van der Waals surface area contributed by atoms with Crippen LogP contribution in [-0.4, -0.2) is 34.0 Å². The molecule has 0 unspecified atom stereocenters. The second-order valence-corrected chi connectivity index (χ2v) is 6.39. The van der Waals surface area contributed by atoms with E-state index in [1.165, 1.54) is 12.0 Å². The SMILES string of the molecule is Cc1noc(C)c1CC(=O)N1CCC[C@H](Cc2cccnc2)C1. The van der Waals surface area contributed by atoms with Gasteiger partial charge in [-0.25, -0.2) is 0 Å². The van der Waals surface area contributed by atoms with E-state index in [0.29, 0.717) is 12.3 Å². The van der Waals surface area contributed by atoms with Gasteiger partial charge in [0.1, 0.15) is 5.76 Å². The first kappa shape index (κ1) is 15.7. The molecule has 1 saturated heterocycles. The van der Waals surface area contributed by atoms with Crippen LogP contribution in [0.5, 0.6) is 0 Å². The molecule has 0 saturated carbocycles. The van der Waals surface area contributed by atoms with Gasteiger partial charge >= 0.3 is 0 Å². The van der Waals surface area contributed by atoms with E-state index in [9.17, 15) is 4.79 Å². The van der Waals surface area contributed by atoms with Crippen LogP contribution in [0.25, 0.3) is 0 Å². The number of aromatic nitrogens is 2. The Balaban J connectivity index is 1.61. The highest BCUT2D eigenvalue weighted by Crippen LogP contribution is 2.22. The summed E-state index contributed by atoms with van der Waals surface area (Å²) in [5, 5.41) is 3.93. The molecule has 0 N–H and O–H groups in total. The maximum atomic E-state index is 12.6. The second kappa shape index (κ2) is 6.94. The molecule has 1 fully saturated rings. The van der Waals surface area contributed by atoms with E-state index in [1.54, 1.807) is 6.20 Å². The summed E-state index contributed by atoms with van der Waals surface area (Å²) in [7, 11) is 0. The summed E-state index contributed by atoms with van der Waals surface area (Å²) in [6.07, 6.45) is 7.33. The van der Waals surface area contributed by atoms with Crippen molar-refractivity contribution in [2.75, 3.05) is 13.1 Å². The number of piperidine rings is 1. The lowest BCUT2D eigenvalue weighted by molar-refractivity contribution is -0.132. The van der Waals surface area contributed by atoms with Crippen molar-refractivity contribution in [1.82, 2.24) is 15.0 Å². The van der Waals surface area contributed by atoms with Crippen molar-refractivity contribution in [1.29, 1.82) is 0 Å². The van der Waals surface area contributed by atoms with Crippen molar-refractivity contribution < 1.29 is 9.32 Å². The van der Waals surface area contributed by atoms with Gasteiger partial charge in [0.15, 0.2) is 0 Å². The summed E-state index contributed by atoms with van der Waals surface area (Å²) in [4.78, 5) is 18.8. The summed E-state index contributed by atoms with van der Waals surface area (Å²) >= 11 is 0. The number of hydrogen-bond acceptors (Lipinski definition) is 4. The summed E-state index contributed by atoms with van der Waals surface area (Å²) in [5.74, 6) is 1.44. The number of amides is 1. The predicted molar refractivity (Wildman–Crippen MR) is 86.9 cm³/mol. The number of hydrogen-bond donors (Lipinski definition) is 0. The number of carbonyl (C=O) groups excluding carboxylic acids is 1. The fraction of sp³-hybridized carbons (Fsp3) is 0.500. The Labute approximate surface area is 136 Å². The molecule has 5 nitrogen and oxygen atoms in total. The standard InChI is InChI=1S/C18H23N3O2/c1-13-17(14(2)23-20-13)10-18(22)21-8-4-6-16(12-21)9-15-5-3-7-19-11-15/h3,5,7,11,16H,4,6,8-10,12H2,1-2H3/t16-/m1/s1. The van der Waals surface area contributed by atoms with Crippen molar-refractivity contribution in [3.63, 3.8) is 0 Å². The minimum absolute atomic E-state index is 0.176. The van der Waals surface area contributed by atoms with Crippen LogP contribution in [0.3, 0.4) is 0 Å². The average Bonchev–Trinajstić information content (AvgIpc) is 2.88. The first-order valence-corrected chi connectivity index (χ1v) is 8.22. The minimum Gasteiger partial charge on any atom is -0.361 e. The maximum Gasteiger partial charge on any atom is 0.227 e. The number of pyridine rings is 1. The molecule has 1 aliphatic rings. The number of nitrogens with zero attached hydrogens (tertiary/aromatic N) is 3. The molecule has 1 aliphatic heterocycles. The zero-order valence-corrected chi connectivity index (χ0v) is 13.8. The molecule has 2 aromatic rings.